The minimum Gasteiger partial charge on any atom is -0.388 e. The van der Waals surface area contributed by atoms with E-state index in [9.17, 15) is 4.79 Å². The molecule has 0 aliphatic heterocycles. The van der Waals surface area contributed by atoms with Crippen LogP contribution in [0.25, 0.3) is 0 Å². The third-order valence-electron chi connectivity index (χ3n) is 4.96. The Morgan fingerprint density at radius 2 is 1.23 bits per heavy atom. The minimum absolute atomic E-state index is 0.229. The van der Waals surface area contributed by atoms with Crippen LogP contribution in [0.1, 0.15) is 101 Å². The number of anilines is 1. The Bertz CT molecular complexity index is 456. The van der Waals surface area contributed by atoms with Crippen LogP contribution < -0.4 is 5.32 Å². The third kappa shape index (κ3) is 11.3. The summed E-state index contributed by atoms with van der Waals surface area (Å²) in [6.07, 6.45) is 17.9. The summed E-state index contributed by atoms with van der Waals surface area (Å²) in [6.45, 7) is 2.83. The zero-order valence-corrected chi connectivity index (χ0v) is 16.8. The van der Waals surface area contributed by atoms with Crippen molar-refractivity contribution in [3.8, 4) is 0 Å². The van der Waals surface area contributed by atoms with Crippen molar-refractivity contribution in [1.29, 1.82) is 0 Å². The highest BCUT2D eigenvalue weighted by atomic mass is 16.3. The average Bonchev–Trinajstić information content (AvgIpc) is 2.68. The molecule has 0 heterocycles. The van der Waals surface area contributed by atoms with E-state index in [1.54, 1.807) is 12.1 Å². The first-order valence-corrected chi connectivity index (χ1v) is 10.8. The molecule has 0 saturated heterocycles. The highest BCUT2D eigenvalue weighted by molar-refractivity contribution is 5.97. The predicted molar refractivity (Wildman–Crippen MR) is 112 cm³/mol. The first kappa shape index (κ1) is 22.7. The Hall–Kier alpha value is -1.35. The third-order valence-corrected chi connectivity index (χ3v) is 4.96. The minimum atomic E-state index is -0.425. The predicted octanol–water partition coefficient (Wildman–Crippen LogP) is 6.36. The molecule has 148 valence electrons. The number of rotatable bonds is 17. The number of hydrogen-bond acceptors (Lipinski definition) is 3. The Morgan fingerprint density at radius 1 is 0.769 bits per heavy atom. The van der Waals surface area contributed by atoms with Crippen LogP contribution in [0.15, 0.2) is 24.3 Å². The summed E-state index contributed by atoms with van der Waals surface area (Å²) < 4.78 is 0. The molecule has 1 rings (SSSR count). The van der Waals surface area contributed by atoms with Crippen LogP contribution in [-0.2, 0) is 0 Å². The smallest absolute Gasteiger partial charge is 0.188 e. The molecule has 0 bridgehead atoms. The van der Waals surface area contributed by atoms with E-state index in [0.717, 1.165) is 12.2 Å². The van der Waals surface area contributed by atoms with Crippen LogP contribution in [0.5, 0.6) is 0 Å². The fourth-order valence-electron chi connectivity index (χ4n) is 3.24. The number of benzene rings is 1. The number of unbranched alkanes of at least 4 members (excludes halogenated alkanes) is 12. The van der Waals surface area contributed by atoms with E-state index in [2.05, 4.69) is 12.2 Å². The lowest BCUT2D eigenvalue weighted by molar-refractivity contribution is 0.0904. The molecule has 0 atom stereocenters. The Morgan fingerprint density at radius 3 is 1.69 bits per heavy atom. The van der Waals surface area contributed by atoms with Crippen molar-refractivity contribution in [2.45, 2.75) is 90.4 Å². The lowest BCUT2D eigenvalue weighted by Gasteiger charge is -2.07. The zero-order valence-electron chi connectivity index (χ0n) is 16.8. The lowest BCUT2D eigenvalue weighted by Crippen LogP contribution is -2.05. The molecule has 0 aliphatic carbocycles. The Labute approximate surface area is 160 Å². The fourth-order valence-corrected chi connectivity index (χ4v) is 3.24. The zero-order chi connectivity index (χ0) is 18.9. The quantitative estimate of drug-likeness (QED) is 0.250. The molecule has 1 aromatic rings. The van der Waals surface area contributed by atoms with Crippen molar-refractivity contribution in [2.75, 3.05) is 18.5 Å². The van der Waals surface area contributed by atoms with E-state index in [1.165, 1.54) is 83.5 Å². The monoisotopic (exact) mass is 361 g/mol. The van der Waals surface area contributed by atoms with Gasteiger partial charge < -0.3 is 10.4 Å². The second-order valence-electron chi connectivity index (χ2n) is 7.33. The lowest BCUT2D eigenvalue weighted by atomic mass is 10.0. The molecule has 0 spiro atoms. The van der Waals surface area contributed by atoms with Crippen LogP contribution in [0.3, 0.4) is 0 Å². The van der Waals surface area contributed by atoms with Crippen LogP contribution in [0.2, 0.25) is 0 Å². The number of hydrogen-bond donors (Lipinski definition) is 2. The van der Waals surface area contributed by atoms with Gasteiger partial charge in [-0.15, -0.1) is 0 Å². The molecule has 0 unspecified atom stereocenters. The Balaban J connectivity index is 1.88. The van der Waals surface area contributed by atoms with Crippen LogP contribution in [0, 0.1) is 0 Å². The second-order valence-corrected chi connectivity index (χ2v) is 7.33. The van der Waals surface area contributed by atoms with E-state index in [0.29, 0.717) is 5.56 Å². The molecule has 0 saturated carbocycles. The van der Waals surface area contributed by atoms with Gasteiger partial charge in [0.2, 0.25) is 0 Å². The van der Waals surface area contributed by atoms with E-state index >= 15 is 0 Å². The molecule has 0 aliphatic rings. The topological polar surface area (TPSA) is 49.3 Å². The van der Waals surface area contributed by atoms with Crippen molar-refractivity contribution in [3.63, 3.8) is 0 Å². The van der Waals surface area contributed by atoms with Gasteiger partial charge in [-0.3, -0.25) is 4.79 Å². The number of ketones is 1. The first-order valence-electron chi connectivity index (χ1n) is 10.8. The van der Waals surface area contributed by atoms with Gasteiger partial charge in [0.15, 0.2) is 5.78 Å². The van der Waals surface area contributed by atoms with Gasteiger partial charge in [0.25, 0.3) is 0 Å². The molecule has 1 aromatic carbocycles. The Kier molecular flexibility index (Phi) is 13.8. The number of carbonyl (C=O) groups excluding carboxylic acids is 1. The normalized spacial score (nSPS) is 10.8. The number of carbonyl (C=O) groups is 1. The van der Waals surface area contributed by atoms with Gasteiger partial charge in [-0.1, -0.05) is 84.0 Å². The summed E-state index contributed by atoms with van der Waals surface area (Å²) in [6, 6.07) is 7.35. The summed E-state index contributed by atoms with van der Waals surface area (Å²) in [5.41, 5.74) is 1.61. The molecule has 0 amide bonds. The van der Waals surface area contributed by atoms with Crippen LogP contribution >= 0.6 is 0 Å². The summed E-state index contributed by atoms with van der Waals surface area (Å²) in [5, 5.41) is 12.2. The number of aliphatic hydroxyl groups is 1. The summed E-state index contributed by atoms with van der Waals surface area (Å²) in [7, 11) is 0. The van der Waals surface area contributed by atoms with Gasteiger partial charge in [0.05, 0.1) is 0 Å². The van der Waals surface area contributed by atoms with Gasteiger partial charge in [-0.2, -0.15) is 0 Å². The van der Waals surface area contributed by atoms with E-state index in [4.69, 9.17) is 5.11 Å². The summed E-state index contributed by atoms with van der Waals surface area (Å²) in [5.74, 6) is -0.229. The van der Waals surface area contributed by atoms with Crippen molar-refractivity contribution in [1.82, 2.24) is 0 Å². The maximum atomic E-state index is 11.4. The molecular formula is C23H39NO2. The van der Waals surface area contributed by atoms with Crippen molar-refractivity contribution in [3.05, 3.63) is 29.8 Å². The van der Waals surface area contributed by atoms with Gasteiger partial charge in [-0.25, -0.2) is 0 Å². The van der Waals surface area contributed by atoms with E-state index in [1.807, 2.05) is 12.1 Å². The molecule has 3 nitrogen and oxygen atoms in total. The molecule has 0 fully saturated rings. The molecular weight excluding hydrogens is 322 g/mol. The van der Waals surface area contributed by atoms with E-state index in [-0.39, 0.29) is 5.78 Å². The average molecular weight is 362 g/mol. The van der Waals surface area contributed by atoms with Crippen molar-refractivity contribution in [2.24, 2.45) is 0 Å². The van der Waals surface area contributed by atoms with Crippen molar-refractivity contribution < 1.29 is 9.90 Å². The number of aliphatic hydroxyl groups excluding tert-OH is 1. The molecule has 0 radical (unpaired) electrons. The highest BCUT2D eigenvalue weighted by Gasteiger charge is 2.02. The van der Waals surface area contributed by atoms with Gasteiger partial charge >= 0.3 is 0 Å². The van der Waals surface area contributed by atoms with Gasteiger partial charge in [0.1, 0.15) is 6.61 Å². The molecule has 0 aromatic heterocycles. The van der Waals surface area contributed by atoms with Gasteiger partial charge in [-0.05, 0) is 30.7 Å². The largest absolute Gasteiger partial charge is 0.388 e. The summed E-state index contributed by atoms with van der Waals surface area (Å²) in [4.78, 5) is 11.4. The number of Topliss-reactive ketones (excluding diaryl/α,β-unsaturated/α-hetero) is 1. The number of nitrogens with one attached hydrogen (secondary N) is 1. The fraction of sp³-hybridized carbons (Fsp3) is 0.696. The molecule has 2 N–H and O–H groups in total. The van der Waals surface area contributed by atoms with E-state index < -0.39 is 6.61 Å². The van der Waals surface area contributed by atoms with Gasteiger partial charge in [0, 0.05) is 17.8 Å². The molecule has 26 heavy (non-hydrogen) atoms. The van der Waals surface area contributed by atoms with Crippen molar-refractivity contribution >= 4 is 11.5 Å². The maximum absolute atomic E-state index is 11.4. The SMILES string of the molecule is CCCCCCCCCCCCCCCNc1ccc(C(=O)CO)cc1. The molecule has 3 heteroatoms. The standard InChI is InChI=1S/C23H39NO2/c1-2-3-4-5-6-7-8-9-10-11-12-13-14-19-24-22-17-15-21(16-18-22)23(26)20-25/h15-18,24-25H,2-14,19-20H2,1H3. The highest BCUT2D eigenvalue weighted by Crippen LogP contribution is 2.13. The van der Waals surface area contributed by atoms with Crippen LogP contribution in [-0.4, -0.2) is 24.0 Å². The van der Waals surface area contributed by atoms with Crippen LogP contribution in [0.4, 0.5) is 5.69 Å². The maximum Gasteiger partial charge on any atom is 0.188 e. The summed E-state index contributed by atoms with van der Waals surface area (Å²) >= 11 is 0. The second kappa shape index (κ2) is 15.9. The first-order chi connectivity index (χ1) is 12.8.